The first-order chi connectivity index (χ1) is 7.31. The summed E-state index contributed by atoms with van der Waals surface area (Å²) < 4.78 is 13.5. The number of carbonyl (C=O) groups is 1. The molecule has 0 spiro atoms. The lowest BCUT2D eigenvalue weighted by Gasteiger charge is -2.01. The second-order valence-electron chi connectivity index (χ2n) is 2.93. The minimum absolute atomic E-state index is 0.293. The molecule has 0 bridgehead atoms. The van der Waals surface area contributed by atoms with Crippen molar-refractivity contribution in [2.45, 2.75) is 0 Å². The van der Waals surface area contributed by atoms with Crippen LogP contribution in [0.2, 0.25) is 0 Å². The number of halogens is 1. The molecule has 0 amide bonds. The van der Waals surface area contributed by atoms with E-state index in [2.05, 4.69) is 9.97 Å². The predicted molar refractivity (Wildman–Crippen MR) is 52.8 cm³/mol. The molecular formula is C11H7FN2O. The molecule has 1 aromatic heterocycles. The van der Waals surface area contributed by atoms with Crippen molar-refractivity contribution in [3.8, 4) is 11.4 Å². The predicted octanol–water partition coefficient (Wildman–Crippen LogP) is 2.10. The first-order valence-electron chi connectivity index (χ1n) is 4.33. The molecule has 0 N–H and O–H groups in total. The largest absolute Gasteiger partial charge is 0.298 e. The van der Waals surface area contributed by atoms with E-state index in [0.717, 1.165) is 0 Å². The van der Waals surface area contributed by atoms with Crippen molar-refractivity contribution in [3.05, 3.63) is 48.0 Å². The van der Waals surface area contributed by atoms with Crippen LogP contribution < -0.4 is 0 Å². The quantitative estimate of drug-likeness (QED) is 0.700. The number of carbonyl (C=O) groups excluding carboxylic acids is 1. The molecule has 1 aromatic carbocycles. The Morgan fingerprint density at radius 2 is 1.93 bits per heavy atom. The summed E-state index contributed by atoms with van der Waals surface area (Å²) in [5.41, 5.74) is 0.591. The Kier molecular flexibility index (Phi) is 2.49. The standard InChI is InChI=1S/C11H7FN2O/c12-10-6-8(7-15)2-3-9(10)11-13-4-1-5-14-11/h1-7H. The highest BCUT2D eigenvalue weighted by atomic mass is 19.1. The van der Waals surface area contributed by atoms with E-state index in [4.69, 9.17) is 0 Å². The molecule has 2 rings (SSSR count). The van der Waals surface area contributed by atoms with Gasteiger partial charge in [-0.1, -0.05) is 6.07 Å². The van der Waals surface area contributed by atoms with E-state index in [-0.39, 0.29) is 0 Å². The Hall–Kier alpha value is -2.10. The molecule has 0 saturated heterocycles. The normalized spacial score (nSPS) is 9.93. The fourth-order valence-corrected chi connectivity index (χ4v) is 1.22. The summed E-state index contributed by atoms with van der Waals surface area (Å²) in [5, 5.41) is 0. The molecular weight excluding hydrogens is 195 g/mol. The Morgan fingerprint density at radius 1 is 1.20 bits per heavy atom. The van der Waals surface area contributed by atoms with Gasteiger partial charge in [0.25, 0.3) is 0 Å². The van der Waals surface area contributed by atoms with Gasteiger partial charge in [-0.15, -0.1) is 0 Å². The number of aromatic nitrogens is 2. The third-order valence-electron chi connectivity index (χ3n) is 1.94. The molecule has 0 aliphatic rings. The van der Waals surface area contributed by atoms with Gasteiger partial charge in [0.2, 0.25) is 0 Å². The molecule has 0 aliphatic heterocycles. The summed E-state index contributed by atoms with van der Waals surface area (Å²) in [6.45, 7) is 0. The maximum absolute atomic E-state index is 13.5. The van der Waals surface area contributed by atoms with Crippen molar-refractivity contribution in [3.63, 3.8) is 0 Å². The van der Waals surface area contributed by atoms with Crippen LogP contribution >= 0.6 is 0 Å². The Bertz CT molecular complexity index is 485. The van der Waals surface area contributed by atoms with Crippen LogP contribution in [-0.2, 0) is 0 Å². The highest BCUT2D eigenvalue weighted by Gasteiger charge is 2.07. The maximum atomic E-state index is 13.5. The topological polar surface area (TPSA) is 42.9 Å². The number of hydrogen-bond acceptors (Lipinski definition) is 3. The van der Waals surface area contributed by atoms with E-state index in [9.17, 15) is 9.18 Å². The average molecular weight is 202 g/mol. The van der Waals surface area contributed by atoms with E-state index in [1.807, 2.05) is 0 Å². The van der Waals surface area contributed by atoms with Crippen LogP contribution in [0.5, 0.6) is 0 Å². The zero-order valence-electron chi connectivity index (χ0n) is 7.72. The summed E-state index contributed by atoms with van der Waals surface area (Å²) in [6, 6.07) is 5.84. The average Bonchev–Trinajstić information content (AvgIpc) is 2.30. The van der Waals surface area contributed by atoms with Crippen LogP contribution in [0.4, 0.5) is 4.39 Å². The zero-order chi connectivity index (χ0) is 10.7. The minimum Gasteiger partial charge on any atom is -0.298 e. The molecule has 0 radical (unpaired) electrons. The third-order valence-corrected chi connectivity index (χ3v) is 1.94. The summed E-state index contributed by atoms with van der Waals surface area (Å²) in [6.07, 6.45) is 3.67. The van der Waals surface area contributed by atoms with Gasteiger partial charge in [-0.25, -0.2) is 14.4 Å². The van der Waals surface area contributed by atoms with Crippen LogP contribution in [0.25, 0.3) is 11.4 Å². The minimum atomic E-state index is -0.495. The highest BCUT2D eigenvalue weighted by Crippen LogP contribution is 2.18. The van der Waals surface area contributed by atoms with Crippen LogP contribution in [0, 0.1) is 5.82 Å². The first kappa shape index (κ1) is 9.45. The van der Waals surface area contributed by atoms with Gasteiger partial charge in [0, 0.05) is 18.0 Å². The lowest BCUT2D eigenvalue weighted by atomic mass is 10.1. The number of aldehydes is 1. The SMILES string of the molecule is O=Cc1ccc(-c2ncccn2)c(F)c1. The van der Waals surface area contributed by atoms with Gasteiger partial charge >= 0.3 is 0 Å². The molecule has 1 heterocycles. The van der Waals surface area contributed by atoms with Gasteiger partial charge < -0.3 is 0 Å². The zero-order valence-corrected chi connectivity index (χ0v) is 7.72. The molecule has 3 nitrogen and oxygen atoms in total. The summed E-state index contributed by atoms with van der Waals surface area (Å²) >= 11 is 0. The van der Waals surface area contributed by atoms with Gasteiger partial charge in [-0.05, 0) is 18.2 Å². The number of benzene rings is 1. The second kappa shape index (κ2) is 3.96. The van der Waals surface area contributed by atoms with Crippen LogP contribution in [0.3, 0.4) is 0 Å². The molecule has 0 aliphatic carbocycles. The van der Waals surface area contributed by atoms with Crippen LogP contribution in [-0.4, -0.2) is 16.3 Å². The summed E-state index contributed by atoms with van der Waals surface area (Å²) in [4.78, 5) is 18.3. The lowest BCUT2D eigenvalue weighted by Crippen LogP contribution is -1.92. The van der Waals surface area contributed by atoms with Crippen molar-refractivity contribution < 1.29 is 9.18 Å². The molecule has 74 valence electrons. The van der Waals surface area contributed by atoms with Crippen molar-refractivity contribution in [2.75, 3.05) is 0 Å². The van der Waals surface area contributed by atoms with E-state index in [1.54, 1.807) is 6.07 Å². The summed E-state index contributed by atoms with van der Waals surface area (Å²) in [7, 11) is 0. The second-order valence-corrected chi connectivity index (χ2v) is 2.93. The van der Waals surface area contributed by atoms with Gasteiger partial charge in [-0.2, -0.15) is 0 Å². The van der Waals surface area contributed by atoms with E-state index in [1.165, 1.54) is 30.6 Å². The lowest BCUT2D eigenvalue weighted by molar-refractivity contribution is 0.112. The van der Waals surface area contributed by atoms with E-state index >= 15 is 0 Å². The van der Waals surface area contributed by atoms with Gasteiger partial charge in [0.15, 0.2) is 5.82 Å². The summed E-state index contributed by atoms with van der Waals surface area (Å²) in [5.74, 6) is -0.182. The van der Waals surface area contributed by atoms with Crippen molar-refractivity contribution in [1.82, 2.24) is 9.97 Å². The van der Waals surface area contributed by atoms with Crippen LogP contribution in [0.15, 0.2) is 36.7 Å². The molecule has 0 atom stereocenters. The number of rotatable bonds is 2. The van der Waals surface area contributed by atoms with Crippen LogP contribution in [0.1, 0.15) is 10.4 Å². The monoisotopic (exact) mass is 202 g/mol. The fraction of sp³-hybridized carbons (Fsp3) is 0. The van der Waals surface area contributed by atoms with Crippen molar-refractivity contribution >= 4 is 6.29 Å². The number of nitrogens with zero attached hydrogens (tertiary/aromatic N) is 2. The molecule has 0 unspecified atom stereocenters. The Morgan fingerprint density at radius 3 is 2.53 bits per heavy atom. The van der Waals surface area contributed by atoms with Gasteiger partial charge in [0.05, 0.1) is 5.56 Å². The van der Waals surface area contributed by atoms with Crippen molar-refractivity contribution in [1.29, 1.82) is 0 Å². The molecule has 15 heavy (non-hydrogen) atoms. The fourth-order valence-electron chi connectivity index (χ4n) is 1.22. The third kappa shape index (κ3) is 1.88. The Balaban J connectivity index is 2.51. The van der Waals surface area contributed by atoms with Crippen molar-refractivity contribution in [2.24, 2.45) is 0 Å². The molecule has 0 saturated carbocycles. The van der Waals surface area contributed by atoms with E-state index < -0.39 is 5.82 Å². The molecule has 0 fully saturated rings. The van der Waals surface area contributed by atoms with E-state index in [0.29, 0.717) is 23.2 Å². The molecule has 2 aromatic rings. The number of hydrogen-bond donors (Lipinski definition) is 0. The van der Waals surface area contributed by atoms with Gasteiger partial charge in [0.1, 0.15) is 12.1 Å². The van der Waals surface area contributed by atoms with Gasteiger partial charge in [-0.3, -0.25) is 4.79 Å². The molecule has 4 heteroatoms. The highest BCUT2D eigenvalue weighted by molar-refractivity contribution is 5.76. The maximum Gasteiger partial charge on any atom is 0.162 e. The smallest absolute Gasteiger partial charge is 0.162 e. The Labute approximate surface area is 85.6 Å². The first-order valence-corrected chi connectivity index (χ1v) is 4.33.